The minimum Gasteiger partial charge on any atom is -0.454 e. The Balaban J connectivity index is 1.73. The van der Waals surface area contributed by atoms with Gasteiger partial charge in [0.1, 0.15) is 12.6 Å². The van der Waals surface area contributed by atoms with Crippen LogP contribution in [0, 0.1) is 12.8 Å². The van der Waals surface area contributed by atoms with E-state index in [1.807, 2.05) is 75.4 Å². The van der Waals surface area contributed by atoms with Crippen LogP contribution >= 0.6 is 0 Å². The first-order chi connectivity index (χ1) is 19.5. The summed E-state index contributed by atoms with van der Waals surface area (Å²) in [5.74, 6) is 0.314. The van der Waals surface area contributed by atoms with Crippen LogP contribution in [0.1, 0.15) is 30.5 Å². The zero-order valence-electron chi connectivity index (χ0n) is 23.9. The van der Waals surface area contributed by atoms with Gasteiger partial charge in [0.25, 0.3) is 0 Å². The summed E-state index contributed by atoms with van der Waals surface area (Å²) in [5, 5.41) is 2.99. The quantitative estimate of drug-likeness (QED) is 0.349. The number of nitrogens with one attached hydrogen (secondary N) is 1. The fourth-order valence-corrected chi connectivity index (χ4v) is 5.44. The molecular formula is C31H37N3O6S. The summed E-state index contributed by atoms with van der Waals surface area (Å²) < 4.78 is 37.8. The summed E-state index contributed by atoms with van der Waals surface area (Å²) in [4.78, 5) is 29.4. The molecule has 41 heavy (non-hydrogen) atoms. The zero-order chi connectivity index (χ0) is 29.6. The van der Waals surface area contributed by atoms with E-state index >= 15 is 0 Å². The SMILES string of the molecule is Cc1ccccc1CN(C(=O)CN(c1ccc2c(c1)OCO2)S(C)(=O)=O)[C@@H](Cc1ccccc1)C(=O)NCC(C)C. The fourth-order valence-electron chi connectivity index (χ4n) is 4.60. The number of aryl methyl sites for hydroxylation is 1. The smallest absolute Gasteiger partial charge is 0.244 e. The highest BCUT2D eigenvalue weighted by Crippen LogP contribution is 2.36. The van der Waals surface area contributed by atoms with Crippen LogP contribution in [0.5, 0.6) is 11.5 Å². The lowest BCUT2D eigenvalue weighted by Gasteiger charge is -2.34. The van der Waals surface area contributed by atoms with Gasteiger partial charge in [-0.25, -0.2) is 8.42 Å². The Labute approximate surface area is 242 Å². The lowest BCUT2D eigenvalue weighted by Crippen LogP contribution is -2.53. The van der Waals surface area contributed by atoms with Crippen LogP contribution in [0.4, 0.5) is 5.69 Å². The summed E-state index contributed by atoms with van der Waals surface area (Å²) in [6.07, 6.45) is 1.32. The second kappa shape index (κ2) is 13.1. The van der Waals surface area contributed by atoms with Crippen LogP contribution in [0.2, 0.25) is 0 Å². The van der Waals surface area contributed by atoms with Gasteiger partial charge < -0.3 is 19.7 Å². The van der Waals surface area contributed by atoms with Crippen molar-refractivity contribution >= 4 is 27.5 Å². The Kier molecular flexibility index (Phi) is 9.54. The molecule has 0 unspecified atom stereocenters. The first-order valence-electron chi connectivity index (χ1n) is 13.6. The normalized spacial score (nSPS) is 13.1. The van der Waals surface area contributed by atoms with Crippen LogP contribution < -0.4 is 19.1 Å². The molecule has 2 amide bonds. The molecular weight excluding hydrogens is 542 g/mol. The van der Waals surface area contributed by atoms with E-state index in [0.29, 0.717) is 18.0 Å². The molecule has 1 aliphatic rings. The molecule has 1 aliphatic heterocycles. The van der Waals surface area contributed by atoms with Crippen LogP contribution in [0.15, 0.2) is 72.8 Å². The van der Waals surface area contributed by atoms with Gasteiger partial charge in [-0.15, -0.1) is 0 Å². The van der Waals surface area contributed by atoms with E-state index in [-0.39, 0.29) is 37.3 Å². The van der Waals surface area contributed by atoms with Crippen molar-refractivity contribution in [3.05, 3.63) is 89.5 Å². The van der Waals surface area contributed by atoms with E-state index in [0.717, 1.165) is 27.3 Å². The number of anilines is 1. The molecule has 0 aliphatic carbocycles. The molecule has 0 saturated heterocycles. The number of rotatable bonds is 12. The second-order valence-corrected chi connectivity index (χ2v) is 12.5. The third kappa shape index (κ3) is 7.79. The van der Waals surface area contributed by atoms with Crippen LogP contribution in [-0.4, -0.2) is 57.3 Å². The number of sulfonamides is 1. The average Bonchev–Trinajstić information content (AvgIpc) is 3.41. The predicted octanol–water partition coefficient (Wildman–Crippen LogP) is 3.90. The number of fused-ring (bicyclic) bond motifs is 1. The molecule has 0 fully saturated rings. The standard InChI is InChI=1S/C31H37N3O6S/c1-22(2)18-32-31(36)27(16-24-11-6-5-7-12-24)33(19-25-13-9-8-10-23(25)3)30(35)20-34(41(4,37)38)26-14-15-28-29(17-26)40-21-39-28/h5-15,17,22,27H,16,18-21H2,1-4H3,(H,32,36)/t27-/m0/s1. The molecule has 1 atom stereocenters. The number of hydrogen-bond donors (Lipinski definition) is 1. The molecule has 0 bridgehead atoms. The molecule has 0 radical (unpaired) electrons. The van der Waals surface area contributed by atoms with E-state index in [9.17, 15) is 18.0 Å². The number of nitrogens with zero attached hydrogens (tertiary/aromatic N) is 2. The van der Waals surface area contributed by atoms with Crippen molar-refractivity contribution in [3.8, 4) is 11.5 Å². The molecule has 0 aromatic heterocycles. The predicted molar refractivity (Wildman–Crippen MR) is 158 cm³/mol. The lowest BCUT2D eigenvalue weighted by atomic mass is 10.0. The van der Waals surface area contributed by atoms with Crippen molar-refractivity contribution in [1.29, 1.82) is 0 Å². The van der Waals surface area contributed by atoms with E-state index < -0.39 is 28.5 Å². The Hall–Kier alpha value is -4.05. The minimum absolute atomic E-state index is 0.0352. The van der Waals surface area contributed by atoms with Gasteiger partial charge in [0.15, 0.2) is 11.5 Å². The molecule has 3 aromatic rings. The molecule has 4 rings (SSSR count). The number of ether oxygens (including phenoxy) is 2. The van der Waals surface area contributed by atoms with Crippen molar-refractivity contribution in [2.75, 3.05) is 30.4 Å². The highest BCUT2D eigenvalue weighted by molar-refractivity contribution is 7.92. The summed E-state index contributed by atoms with van der Waals surface area (Å²) in [7, 11) is -3.88. The maximum Gasteiger partial charge on any atom is 0.244 e. The molecule has 1 heterocycles. The first kappa shape index (κ1) is 29.9. The molecule has 218 valence electrons. The Morgan fingerprint density at radius 1 is 0.951 bits per heavy atom. The Morgan fingerprint density at radius 2 is 1.63 bits per heavy atom. The summed E-state index contributed by atoms with van der Waals surface area (Å²) in [6, 6.07) is 21.0. The number of carbonyl (C=O) groups is 2. The van der Waals surface area contributed by atoms with Crippen molar-refractivity contribution in [2.24, 2.45) is 5.92 Å². The van der Waals surface area contributed by atoms with E-state index in [1.54, 1.807) is 18.2 Å². The molecule has 3 aromatic carbocycles. The first-order valence-corrected chi connectivity index (χ1v) is 15.4. The molecule has 9 nitrogen and oxygen atoms in total. The van der Waals surface area contributed by atoms with Gasteiger partial charge in [0.05, 0.1) is 11.9 Å². The van der Waals surface area contributed by atoms with Crippen molar-refractivity contribution < 1.29 is 27.5 Å². The van der Waals surface area contributed by atoms with Crippen molar-refractivity contribution in [1.82, 2.24) is 10.2 Å². The van der Waals surface area contributed by atoms with Gasteiger partial charge in [-0.2, -0.15) is 0 Å². The maximum absolute atomic E-state index is 14.2. The monoisotopic (exact) mass is 579 g/mol. The van der Waals surface area contributed by atoms with E-state index in [1.165, 1.54) is 4.90 Å². The van der Waals surface area contributed by atoms with Gasteiger partial charge >= 0.3 is 0 Å². The third-order valence-corrected chi connectivity index (χ3v) is 8.02. The zero-order valence-corrected chi connectivity index (χ0v) is 24.7. The summed E-state index contributed by atoms with van der Waals surface area (Å²) in [6.45, 7) is 6.06. The summed E-state index contributed by atoms with van der Waals surface area (Å²) in [5.41, 5.74) is 2.98. The Bertz CT molecular complexity index is 1480. The molecule has 0 spiro atoms. The number of amides is 2. The second-order valence-electron chi connectivity index (χ2n) is 10.6. The van der Waals surface area contributed by atoms with E-state index in [4.69, 9.17) is 9.47 Å². The summed E-state index contributed by atoms with van der Waals surface area (Å²) >= 11 is 0. The number of benzene rings is 3. The largest absolute Gasteiger partial charge is 0.454 e. The molecule has 1 N–H and O–H groups in total. The average molecular weight is 580 g/mol. The highest BCUT2D eigenvalue weighted by Gasteiger charge is 2.33. The molecule has 10 heteroatoms. The molecule has 0 saturated carbocycles. The lowest BCUT2D eigenvalue weighted by molar-refractivity contribution is -0.140. The minimum atomic E-state index is -3.88. The van der Waals surface area contributed by atoms with Gasteiger partial charge in [-0.3, -0.25) is 13.9 Å². The number of hydrogen-bond acceptors (Lipinski definition) is 6. The van der Waals surface area contributed by atoms with Crippen molar-refractivity contribution in [2.45, 2.75) is 39.8 Å². The third-order valence-electron chi connectivity index (χ3n) is 6.88. The van der Waals surface area contributed by atoms with Gasteiger partial charge in [-0.1, -0.05) is 68.4 Å². The van der Waals surface area contributed by atoms with Crippen molar-refractivity contribution in [3.63, 3.8) is 0 Å². The highest BCUT2D eigenvalue weighted by atomic mass is 32.2. The van der Waals surface area contributed by atoms with Crippen LogP contribution in [0.3, 0.4) is 0 Å². The van der Waals surface area contributed by atoms with E-state index in [2.05, 4.69) is 5.32 Å². The number of carbonyl (C=O) groups excluding carboxylic acids is 2. The van der Waals surface area contributed by atoms with Gasteiger partial charge in [-0.05, 0) is 41.7 Å². The maximum atomic E-state index is 14.2. The topological polar surface area (TPSA) is 105 Å². The van der Waals surface area contributed by atoms with Gasteiger partial charge in [0.2, 0.25) is 28.6 Å². The fraction of sp³-hybridized carbons (Fsp3) is 0.355. The Morgan fingerprint density at radius 3 is 2.32 bits per heavy atom. The van der Waals surface area contributed by atoms with Crippen LogP contribution in [0.25, 0.3) is 0 Å². The van der Waals surface area contributed by atoms with Gasteiger partial charge in [0, 0.05) is 25.6 Å². The van der Waals surface area contributed by atoms with Crippen LogP contribution in [-0.2, 0) is 32.6 Å².